The van der Waals surface area contributed by atoms with Crippen LogP contribution in [0, 0.1) is 26.7 Å². The van der Waals surface area contributed by atoms with Crippen LogP contribution in [0.5, 0.6) is 5.75 Å². The van der Waals surface area contributed by atoms with Crippen molar-refractivity contribution in [1.29, 1.82) is 0 Å². The number of rotatable bonds is 10. The molecule has 1 heterocycles. The molecular formula is C22H32N2O3S. The zero-order chi connectivity index (χ0) is 20.7. The van der Waals surface area contributed by atoms with Gasteiger partial charge in [0.25, 0.3) is 0 Å². The highest BCUT2D eigenvalue weighted by Gasteiger charge is 2.18. The maximum atomic E-state index is 12.5. The highest BCUT2D eigenvalue weighted by molar-refractivity contribution is 7.09. The number of hydrogen-bond donors (Lipinski definition) is 0. The van der Waals surface area contributed by atoms with Crippen molar-refractivity contribution >= 4 is 17.2 Å². The van der Waals surface area contributed by atoms with Gasteiger partial charge >= 0.3 is 0 Å². The first kappa shape index (κ1) is 22.4. The van der Waals surface area contributed by atoms with Crippen LogP contribution in [0.1, 0.15) is 47.7 Å². The lowest BCUT2D eigenvalue weighted by atomic mass is 10.1. The van der Waals surface area contributed by atoms with E-state index in [1.54, 1.807) is 18.4 Å². The lowest BCUT2D eigenvalue weighted by Gasteiger charge is -2.23. The Morgan fingerprint density at radius 1 is 1.25 bits per heavy atom. The molecule has 154 valence electrons. The van der Waals surface area contributed by atoms with E-state index in [4.69, 9.17) is 9.47 Å². The number of aromatic nitrogens is 1. The highest BCUT2D eigenvalue weighted by atomic mass is 32.1. The molecule has 1 aromatic heterocycles. The van der Waals surface area contributed by atoms with Crippen LogP contribution in [0.15, 0.2) is 17.5 Å². The molecule has 0 aliphatic heterocycles. The molecule has 28 heavy (non-hydrogen) atoms. The van der Waals surface area contributed by atoms with E-state index in [1.165, 1.54) is 11.1 Å². The molecule has 5 nitrogen and oxygen atoms in total. The van der Waals surface area contributed by atoms with Gasteiger partial charge in [0.15, 0.2) is 0 Å². The van der Waals surface area contributed by atoms with Crippen LogP contribution < -0.4 is 4.74 Å². The molecule has 0 spiro atoms. The van der Waals surface area contributed by atoms with Gasteiger partial charge in [-0.3, -0.25) is 4.79 Å². The summed E-state index contributed by atoms with van der Waals surface area (Å²) in [6, 6.07) is 4.23. The van der Waals surface area contributed by atoms with Crippen molar-refractivity contribution in [2.45, 2.75) is 54.2 Å². The summed E-state index contributed by atoms with van der Waals surface area (Å²) < 4.78 is 11.1. The van der Waals surface area contributed by atoms with Crippen LogP contribution in [0.25, 0.3) is 0 Å². The predicted octanol–water partition coefficient (Wildman–Crippen LogP) is 4.67. The minimum Gasteiger partial charge on any atom is -0.486 e. The van der Waals surface area contributed by atoms with Crippen LogP contribution in [0.4, 0.5) is 0 Å². The fraction of sp³-hybridized carbons (Fsp3) is 0.545. The number of thiazole rings is 1. The van der Waals surface area contributed by atoms with Gasteiger partial charge in [-0.05, 0) is 49.9 Å². The van der Waals surface area contributed by atoms with E-state index >= 15 is 0 Å². The summed E-state index contributed by atoms with van der Waals surface area (Å²) in [5, 5.41) is 2.94. The molecule has 0 aliphatic rings. The maximum Gasteiger partial charge on any atom is 0.225 e. The molecule has 0 fully saturated rings. The zero-order valence-corrected chi connectivity index (χ0v) is 18.7. The summed E-state index contributed by atoms with van der Waals surface area (Å²) in [7, 11) is 1.68. The first-order valence-electron chi connectivity index (χ1n) is 9.73. The van der Waals surface area contributed by atoms with E-state index in [0.717, 1.165) is 28.4 Å². The van der Waals surface area contributed by atoms with Crippen LogP contribution in [0.3, 0.4) is 0 Å². The van der Waals surface area contributed by atoms with Crippen LogP contribution in [-0.4, -0.2) is 36.1 Å². The van der Waals surface area contributed by atoms with Gasteiger partial charge in [0.2, 0.25) is 5.91 Å². The Bertz CT molecular complexity index is 786. The maximum absolute atomic E-state index is 12.5. The third kappa shape index (κ3) is 6.31. The average molecular weight is 405 g/mol. The largest absolute Gasteiger partial charge is 0.486 e. The lowest BCUT2D eigenvalue weighted by molar-refractivity contribution is -0.135. The van der Waals surface area contributed by atoms with Crippen LogP contribution in [-0.2, 0) is 22.7 Å². The first-order valence-corrected chi connectivity index (χ1v) is 10.6. The van der Waals surface area contributed by atoms with E-state index in [0.29, 0.717) is 26.3 Å². The second kappa shape index (κ2) is 10.6. The number of methoxy groups -OCH3 is 1. The quantitative estimate of drug-likeness (QED) is 0.540. The standard InChI is InChI=1S/C22H32N2O3S/c1-15(2)22(25)24(8-7-9-26-6)12-19-14-28-21(23-19)13-27-20-11-16(3)10-17(4)18(20)5/h10-11,14-15H,7-9,12-13H2,1-6H3. The van der Waals surface area contributed by atoms with Crippen LogP contribution in [0.2, 0.25) is 0 Å². The summed E-state index contributed by atoms with van der Waals surface area (Å²) in [5.41, 5.74) is 4.49. The summed E-state index contributed by atoms with van der Waals surface area (Å²) in [4.78, 5) is 19.0. The topological polar surface area (TPSA) is 51.7 Å². The molecule has 0 aliphatic carbocycles. The van der Waals surface area contributed by atoms with Gasteiger partial charge in [0.1, 0.15) is 17.4 Å². The molecule has 0 N–H and O–H groups in total. The van der Waals surface area contributed by atoms with E-state index in [2.05, 4.69) is 37.9 Å². The molecule has 0 unspecified atom stereocenters. The van der Waals surface area contributed by atoms with Gasteiger partial charge in [-0.15, -0.1) is 11.3 Å². The molecular weight excluding hydrogens is 372 g/mol. The Kier molecular flexibility index (Phi) is 8.45. The molecule has 2 aromatic rings. The summed E-state index contributed by atoms with van der Waals surface area (Å²) in [6.07, 6.45) is 0.820. The molecule has 1 amide bonds. The molecule has 2 rings (SSSR count). The molecule has 6 heteroatoms. The minimum absolute atomic E-state index is 0.0310. The average Bonchev–Trinajstić information content (AvgIpc) is 3.09. The lowest BCUT2D eigenvalue weighted by Crippen LogP contribution is -2.35. The second-order valence-corrected chi connectivity index (χ2v) is 8.43. The van der Waals surface area contributed by atoms with Gasteiger partial charge in [0, 0.05) is 31.6 Å². The Morgan fingerprint density at radius 2 is 2.00 bits per heavy atom. The number of carbonyl (C=O) groups excluding carboxylic acids is 1. The number of nitrogens with zero attached hydrogens (tertiary/aromatic N) is 2. The predicted molar refractivity (Wildman–Crippen MR) is 114 cm³/mol. The fourth-order valence-corrected chi connectivity index (χ4v) is 3.70. The molecule has 0 saturated carbocycles. The van der Waals surface area contributed by atoms with E-state index < -0.39 is 0 Å². The number of ether oxygens (including phenoxy) is 2. The third-order valence-corrected chi connectivity index (χ3v) is 5.52. The van der Waals surface area contributed by atoms with E-state index in [-0.39, 0.29) is 11.8 Å². The van der Waals surface area contributed by atoms with E-state index in [9.17, 15) is 4.79 Å². The Morgan fingerprint density at radius 3 is 2.68 bits per heavy atom. The zero-order valence-electron chi connectivity index (χ0n) is 17.9. The molecule has 0 atom stereocenters. The first-order chi connectivity index (χ1) is 13.3. The van der Waals surface area contributed by atoms with Crippen molar-refractivity contribution in [3.05, 3.63) is 44.9 Å². The molecule has 0 bridgehead atoms. The third-order valence-electron chi connectivity index (χ3n) is 4.65. The Balaban J connectivity index is 2.00. The number of amides is 1. The highest BCUT2D eigenvalue weighted by Crippen LogP contribution is 2.25. The van der Waals surface area contributed by atoms with Crippen molar-refractivity contribution in [2.24, 2.45) is 5.92 Å². The molecule has 0 saturated heterocycles. The Labute approximate surface area is 172 Å². The number of aryl methyl sites for hydroxylation is 2. The van der Waals surface area contributed by atoms with Crippen molar-refractivity contribution in [3.8, 4) is 5.75 Å². The number of benzene rings is 1. The number of carbonyl (C=O) groups is 1. The SMILES string of the molecule is COCCCN(Cc1csc(COc2cc(C)cc(C)c2C)n1)C(=O)C(C)C. The smallest absolute Gasteiger partial charge is 0.225 e. The van der Waals surface area contributed by atoms with Crippen molar-refractivity contribution < 1.29 is 14.3 Å². The van der Waals surface area contributed by atoms with Crippen LogP contribution >= 0.6 is 11.3 Å². The minimum atomic E-state index is -0.0310. The van der Waals surface area contributed by atoms with Gasteiger partial charge < -0.3 is 14.4 Å². The van der Waals surface area contributed by atoms with Crippen molar-refractivity contribution in [3.63, 3.8) is 0 Å². The number of hydrogen-bond acceptors (Lipinski definition) is 5. The van der Waals surface area contributed by atoms with Gasteiger partial charge in [-0.1, -0.05) is 19.9 Å². The van der Waals surface area contributed by atoms with Gasteiger partial charge in [0.05, 0.1) is 12.2 Å². The van der Waals surface area contributed by atoms with Crippen molar-refractivity contribution in [1.82, 2.24) is 9.88 Å². The summed E-state index contributed by atoms with van der Waals surface area (Å²) in [5.74, 6) is 1.02. The summed E-state index contributed by atoms with van der Waals surface area (Å²) in [6.45, 7) is 12.4. The van der Waals surface area contributed by atoms with Gasteiger partial charge in [-0.25, -0.2) is 4.98 Å². The van der Waals surface area contributed by atoms with E-state index in [1.807, 2.05) is 24.1 Å². The normalized spacial score (nSPS) is 11.1. The second-order valence-electron chi connectivity index (χ2n) is 7.49. The van der Waals surface area contributed by atoms with Crippen molar-refractivity contribution in [2.75, 3.05) is 20.3 Å². The monoisotopic (exact) mass is 404 g/mol. The molecule has 0 radical (unpaired) electrons. The molecule has 1 aromatic carbocycles. The Hall–Kier alpha value is -1.92. The summed E-state index contributed by atoms with van der Waals surface area (Å²) >= 11 is 1.57. The van der Waals surface area contributed by atoms with Gasteiger partial charge in [-0.2, -0.15) is 0 Å². The fourth-order valence-electron chi connectivity index (χ4n) is 3.01.